The smallest absolute Gasteiger partial charge is 0.251 e. The van der Waals surface area contributed by atoms with Gasteiger partial charge in [-0.15, -0.1) is 0 Å². The molecule has 0 aromatic heterocycles. The van der Waals surface area contributed by atoms with Crippen molar-refractivity contribution in [3.63, 3.8) is 0 Å². The van der Waals surface area contributed by atoms with Crippen molar-refractivity contribution in [2.75, 3.05) is 10.6 Å². The number of carbonyl (C=O) groups is 1. The van der Waals surface area contributed by atoms with Gasteiger partial charge in [0.1, 0.15) is 0 Å². The molecule has 2 rings (SSSR count). The molecule has 2 aromatic carbocycles. The van der Waals surface area contributed by atoms with Crippen LogP contribution in [0.2, 0.25) is 0 Å². The summed E-state index contributed by atoms with van der Waals surface area (Å²) < 4.78 is 25.8. The molecule has 2 aromatic rings. The summed E-state index contributed by atoms with van der Waals surface area (Å²) in [6.07, 6.45) is 2.03. The average molecular weight is 375 g/mol. The molecule has 140 valence electrons. The monoisotopic (exact) mass is 374 g/mol. The first-order valence-electron chi connectivity index (χ1n) is 8.65. The topological polar surface area (TPSA) is 66.5 Å². The van der Waals surface area contributed by atoms with Crippen molar-refractivity contribution in [1.82, 2.24) is 5.32 Å². The van der Waals surface area contributed by atoms with E-state index in [0.717, 1.165) is 17.5 Å². The van der Waals surface area contributed by atoms with E-state index in [0.29, 0.717) is 11.3 Å². The van der Waals surface area contributed by atoms with Gasteiger partial charge in [-0.2, -0.15) is 0 Å². The SMILES string of the molecule is CC[C@@H](C)NC(=O)c1ccc(N(Cc2ccc(C)cc2)S(C)(=O)=O)cc1. The van der Waals surface area contributed by atoms with Crippen molar-refractivity contribution in [2.24, 2.45) is 0 Å². The number of benzene rings is 2. The number of anilines is 1. The molecule has 0 fully saturated rings. The fourth-order valence-electron chi connectivity index (χ4n) is 2.45. The molecule has 0 heterocycles. The van der Waals surface area contributed by atoms with Gasteiger partial charge in [-0.25, -0.2) is 8.42 Å². The fourth-order valence-corrected chi connectivity index (χ4v) is 3.34. The van der Waals surface area contributed by atoms with Crippen LogP contribution in [0.5, 0.6) is 0 Å². The highest BCUT2D eigenvalue weighted by Crippen LogP contribution is 2.21. The predicted molar refractivity (Wildman–Crippen MR) is 106 cm³/mol. The second-order valence-electron chi connectivity index (χ2n) is 6.58. The molecule has 0 radical (unpaired) electrons. The van der Waals surface area contributed by atoms with Gasteiger partial charge in [-0.05, 0) is 50.1 Å². The summed E-state index contributed by atoms with van der Waals surface area (Å²) in [5.74, 6) is -0.157. The molecule has 0 unspecified atom stereocenters. The Labute approximate surface area is 156 Å². The van der Waals surface area contributed by atoms with E-state index in [-0.39, 0.29) is 18.5 Å². The van der Waals surface area contributed by atoms with Crippen molar-refractivity contribution in [3.05, 3.63) is 65.2 Å². The van der Waals surface area contributed by atoms with Gasteiger partial charge in [0.2, 0.25) is 10.0 Å². The van der Waals surface area contributed by atoms with Crippen LogP contribution in [0.15, 0.2) is 48.5 Å². The number of aryl methyl sites for hydroxylation is 1. The maximum atomic E-state index is 12.3. The third-order valence-corrected chi connectivity index (χ3v) is 5.40. The summed E-state index contributed by atoms with van der Waals surface area (Å²) in [5.41, 5.74) is 3.07. The Kier molecular flexibility index (Phi) is 6.42. The number of sulfonamides is 1. The summed E-state index contributed by atoms with van der Waals surface area (Å²) >= 11 is 0. The highest BCUT2D eigenvalue weighted by molar-refractivity contribution is 7.92. The summed E-state index contributed by atoms with van der Waals surface area (Å²) in [5, 5.41) is 2.90. The number of nitrogens with one attached hydrogen (secondary N) is 1. The Bertz CT molecular complexity index is 844. The second kappa shape index (κ2) is 8.36. The highest BCUT2D eigenvalue weighted by Gasteiger charge is 2.18. The highest BCUT2D eigenvalue weighted by atomic mass is 32.2. The van der Waals surface area contributed by atoms with Crippen LogP contribution in [0.1, 0.15) is 41.8 Å². The molecule has 0 bridgehead atoms. The normalized spacial score (nSPS) is 12.5. The second-order valence-corrected chi connectivity index (χ2v) is 8.49. The lowest BCUT2D eigenvalue weighted by Gasteiger charge is -2.23. The average Bonchev–Trinajstić information content (AvgIpc) is 2.60. The van der Waals surface area contributed by atoms with Crippen LogP contribution in [0.4, 0.5) is 5.69 Å². The first kappa shape index (κ1) is 20.0. The van der Waals surface area contributed by atoms with E-state index in [4.69, 9.17) is 0 Å². The summed E-state index contributed by atoms with van der Waals surface area (Å²) in [6.45, 7) is 6.18. The number of carbonyl (C=O) groups excluding carboxylic acids is 1. The number of hydrogen-bond donors (Lipinski definition) is 1. The summed E-state index contributed by atoms with van der Waals surface area (Å²) in [7, 11) is -3.45. The van der Waals surface area contributed by atoms with Crippen molar-refractivity contribution < 1.29 is 13.2 Å². The summed E-state index contributed by atoms with van der Waals surface area (Å²) in [4.78, 5) is 12.2. The van der Waals surface area contributed by atoms with Gasteiger partial charge >= 0.3 is 0 Å². The molecule has 0 aliphatic heterocycles. The van der Waals surface area contributed by atoms with Crippen molar-refractivity contribution >= 4 is 21.6 Å². The lowest BCUT2D eigenvalue weighted by atomic mass is 10.1. The molecule has 0 saturated heterocycles. The van der Waals surface area contributed by atoms with Crippen LogP contribution in [0.3, 0.4) is 0 Å². The molecule has 0 aliphatic carbocycles. The fraction of sp³-hybridized carbons (Fsp3) is 0.350. The van der Waals surface area contributed by atoms with E-state index in [1.165, 1.54) is 10.6 Å². The third kappa shape index (κ3) is 5.33. The number of amides is 1. The van der Waals surface area contributed by atoms with E-state index in [1.54, 1.807) is 24.3 Å². The van der Waals surface area contributed by atoms with Gasteiger partial charge in [0.05, 0.1) is 18.5 Å². The van der Waals surface area contributed by atoms with Gasteiger partial charge in [0.25, 0.3) is 5.91 Å². The molecule has 1 N–H and O–H groups in total. The van der Waals surface area contributed by atoms with E-state index in [2.05, 4.69) is 5.32 Å². The van der Waals surface area contributed by atoms with Crippen LogP contribution < -0.4 is 9.62 Å². The van der Waals surface area contributed by atoms with Crippen molar-refractivity contribution in [2.45, 2.75) is 39.8 Å². The summed E-state index contributed by atoms with van der Waals surface area (Å²) in [6, 6.07) is 14.5. The lowest BCUT2D eigenvalue weighted by molar-refractivity contribution is 0.0939. The zero-order chi connectivity index (χ0) is 19.3. The lowest BCUT2D eigenvalue weighted by Crippen LogP contribution is -2.32. The molecular formula is C20H26N2O3S. The van der Waals surface area contributed by atoms with Crippen LogP contribution in [0, 0.1) is 6.92 Å². The van der Waals surface area contributed by atoms with E-state index in [9.17, 15) is 13.2 Å². The molecule has 0 saturated carbocycles. The number of rotatable bonds is 7. The van der Waals surface area contributed by atoms with Gasteiger partial charge in [0, 0.05) is 11.6 Å². The standard InChI is InChI=1S/C20H26N2O3S/c1-5-16(3)21-20(23)18-10-12-19(13-11-18)22(26(4,24)25)14-17-8-6-15(2)7-9-17/h6-13,16H,5,14H2,1-4H3,(H,21,23)/t16-/m1/s1. The van der Waals surface area contributed by atoms with Crippen LogP contribution in [-0.2, 0) is 16.6 Å². The van der Waals surface area contributed by atoms with Crippen LogP contribution in [0.25, 0.3) is 0 Å². The van der Waals surface area contributed by atoms with Gasteiger partial charge < -0.3 is 5.32 Å². The maximum absolute atomic E-state index is 12.3. The Morgan fingerprint density at radius 2 is 1.65 bits per heavy atom. The minimum absolute atomic E-state index is 0.0937. The Hall–Kier alpha value is -2.34. The zero-order valence-electron chi connectivity index (χ0n) is 15.7. The Balaban J connectivity index is 2.23. The van der Waals surface area contributed by atoms with Gasteiger partial charge in [0.15, 0.2) is 0 Å². The minimum Gasteiger partial charge on any atom is -0.350 e. The molecule has 1 atom stereocenters. The molecule has 1 amide bonds. The molecule has 5 nitrogen and oxygen atoms in total. The number of hydrogen-bond acceptors (Lipinski definition) is 3. The van der Waals surface area contributed by atoms with Gasteiger partial charge in [-0.3, -0.25) is 9.10 Å². The van der Waals surface area contributed by atoms with Crippen molar-refractivity contribution in [1.29, 1.82) is 0 Å². The quantitative estimate of drug-likeness (QED) is 0.807. The van der Waals surface area contributed by atoms with E-state index >= 15 is 0 Å². The minimum atomic E-state index is -3.45. The molecular weight excluding hydrogens is 348 g/mol. The largest absolute Gasteiger partial charge is 0.350 e. The first-order valence-corrected chi connectivity index (χ1v) is 10.5. The molecule has 0 aliphatic rings. The Morgan fingerprint density at radius 1 is 1.08 bits per heavy atom. The van der Waals surface area contributed by atoms with E-state index < -0.39 is 10.0 Å². The van der Waals surface area contributed by atoms with Gasteiger partial charge in [-0.1, -0.05) is 36.8 Å². The third-order valence-electron chi connectivity index (χ3n) is 4.25. The molecule has 0 spiro atoms. The van der Waals surface area contributed by atoms with Crippen LogP contribution >= 0.6 is 0 Å². The van der Waals surface area contributed by atoms with Crippen molar-refractivity contribution in [3.8, 4) is 0 Å². The van der Waals surface area contributed by atoms with Crippen LogP contribution in [-0.4, -0.2) is 26.6 Å². The first-order chi connectivity index (χ1) is 12.2. The predicted octanol–water partition coefficient (Wildman–Crippen LogP) is 3.49. The number of nitrogens with zero attached hydrogens (tertiary/aromatic N) is 1. The molecule has 6 heteroatoms. The molecule has 26 heavy (non-hydrogen) atoms. The Morgan fingerprint density at radius 3 is 2.15 bits per heavy atom. The van der Waals surface area contributed by atoms with E-state index in [1.807, 2.05) is 45.0 Å². The zero-order valence-corrected chi connectivity index (χ0v) is 16.5. The maximum Gasteiger partial charge on any atom is 0.251 e.